The third-order valence-electron chi connectivity index (χ3n) is 5.13. The molecule has 9 heteroatoms. The van der Waals surface area contributed by atoms with Crippen LogP contribution in [-0.4, -0.2) is 43.4 Å². The lowest BCUT2D eigenvalue weighted by molar-refractivity contribution is 0.0904. The monoisotopic (exact) mass is 448 g/mol. The quantitative estimate of drug-likeness (QED) is 0.579. The highest BCUT2D eigenvalue weighted by molar-refractivity contribution is 6.41. The van der Waals surface area contributed by atoms with Gasteiger partial charge < -0.3 is 25.3 Å². The lowest BCUT2D eigenvalue weighted by Gasteiger charge is -2.25. The van der Waals surface area contributed by atoms with Crippen LogP contribution in [0.4, 0.5) is 11.6 Å². The number of aromatic nitrogens is 2. The molecule has 0 aliphatic carbocycles. The number of benzene rings is 1. The van der Waals surface area contributed by atoms with Gasteiger partial charge in [-0.15, -0.1) is 0 Å². The van der Waals surface area contributed by atoms with E-state index in [4.69, 9.17) is 48.1 Å². The van der Waals surface area contributed by atoms with Gasteiger partial charge in [-0.2, -0.15) is 0 Å². The molecule has 158 valence electrons. The van der Waals surface area contributed by atoms with E-state index in [1.54, 1.807) is 12.3 Å². The zero-order valence-corrected chi connectivity index (χ0v) is 18.2. The molecule has 0 spiro atoms. The number of anilines is 2. The maximum Gasteiger partial charge on any atom is 0.141 e. The van der Waals surface area contributed by atoms with Gasteiger partial charge in [0, 0.05) is 47.9 Å². The van der Waals surface area contributed by atoms with Crippen molar-refractivity contribution in [2.75, 3.05) is 38.5 Å². The van der Waals surface area contributed by atoms with Crippen LogP contribution in [0.15, 0.2) is 24.4 Å². The Morgan fingerprint density at radius 1 is 1.07 bits per heavy atom. The molecule has 1 saturated heterocycles. The van der Waals surface area contributed by atoms with E-state index in [0.717, 1.165) is 23.6 Å². The van der Waals surface area contributed by atoms with Crippen molar-refractivity contribution in [1.29, 1.82) is 0 Å². The average Bonchev–Trinajstić information content (AvgIpc) is 2.75. The number of nitrogens with one attached hydrogen (secondary N) is 1. The number of pyridine rings is 2. The summed E-state index contributed by atoms with van der Waals surface area (Å²) in [5.74, 6) is 2.01. The van der Waals surface area contributed by atoms with Gasteiger partial charge in [0.05, 0.1) is 30.0 Å². The lowest BCUT2D eigenvalue weighted by atomic mass is 10.1. The van der Waals surface area contributed by atoms with E-state index in [0.29, 0.717) is 57.7 Å². The molecule has 3 heterocycles. The van der Waals surface area contributed by atoms with Gasteiger partial charge in [0.15, 0.2) is 0 Å². The smallest absolute Gasteiger partial charge is 0.141 e. The molecule has 1 aromatic carbocycles. The van der Waals surface area contributed by atoms with Crippen molar-refractivity contribution in [3.05, 3.63) is 34.4 Å². The molecular formula is C21H22Cl2N4O3. The van der Waals surface area contributed by atoms with Crippen LogP contribution in [0.3, 0.4) is 0 Å². The first kappa shape index (κ1) is 20.8. The van der Waals surface area contributed by atoms with Gasteiger partial charge in [-0.1, -0.05) is 23.2 Å². The molecule has 1 aliphatic heterocycles. The Labute approximate surface area is 184 Å². The van der Waals surface area contributed by atoms with Crippen LogP contribution in [0.1, 0.15) is 12.8 Å². The lowest BCUT2D eigenvalue weighted by Crippen LogP contribution is -2.28. The summed E-state index contributed by atoms with van der Waals surface area (Å²) in [5, 5.41) is 5.98. The fraction of sp³-hybridized carbons (Fsp3) is 0.333. The largest absolute Gasteiger partial charge is 0.495 e. The maximum atomic E-state index is 6.62. The normalized spacial score (nSPS) is 14.7. The van der Waals surface area contributed by atoms with Gasteiger partial charge in [0.1, 0.15) is 23.1 Å². The van der Waals surface area contributed by atoms with Crippen molar-refractivity contribution >= 4 is 45.6 Å². The SMILES string of the molecule is COc1cc(OC)c(Cl)c(-c2cc3cnc(N)cc3c(NC3CCOCC3)n2)c1Cl. The number of rotatable bonds is 5. The van der Waals surface area contributed by atoms with Gasteiger partial charge in [-0.25, -0.2) is 9.97 Å². The number of hydrogen-bond acceptors (Lipinski definition) is 7. The van der Waals surface area contributed by atoms with E-state index in [2.05, 4.69) is 10.3 Å². The van der Waals surface area contributed by atoms with Crippen LogP contribution < -0.4 is 20.5 Å². The molecule has 0 atom stereocenters. The van der Waals surface area contributed by atoms with Gasteiger partial charge in [0.2, 0.25) is 0 Å². The molecule has 0 bridgehead atoms. The fourth-order valence-corrected chi connectivity index (χ4v) is 4.24. The summed E-state index contributed by atoms with van der Waals surface area (Å²) in [6.07, 6.45) is 3.50. The molecule has 0 saturated carbocycles. The molecular weight excluding hydrogens is 427 g/mol. The van der Waals surface area contributed by atoms with Gasteiger partial charge >= 0.3 is 0 Å². The van der Waals surface area contributed by atoms with Crippen molar-refractivity contribution in [1.82, 2.24) is 9.97 Å². The molecule has 7 nitrogen and oxygen atoms in total. The Bertz CT molecular complexity index is 1060. The van der Waals surface area contributed by atoms with Gasteiger partial charge in [0.25, 0.3) is 0 Å². The number of hydrogen-bond donors (Lipinski definition) is 2. The van der Waals surface area contributed by atoms with E-state index >= 15 is 0 Å². The predicted octanol–water partition coefficient (Wildman–Crippen LogP) is 4.79. The number of methoxy groups -OCH3 is 2. The van der Waals surface area contributed by atoms with Crippen LogP contribution in [0.2, 0.25) is 10.0 Å². The highest BCUT2D eigenvalue weighted by Crippen LogP contribution is 2.46. The third-order valence-corrected chi connectivity index (χ3v) is 5.88. The molecule has 0 unspecified atom stereocenters. The first-order valence-corrected chi connectivity index (χ1v) is 10.3. The van der Waals surface area contributed by atoms with E-state index in [-0.39, 0.29) is 6.04 Å². The van der Waals surface area contributed by atoms with Gasteiger partial charge in [-0.3, -0.25) is 0 Å². The molecule has 3 N–H and O–H groups in total. The number of nitrogens with zero attached hydrogens (tertiary/aromatic N) is 2. The van der Waals surface area contributed by atoms with Crippen LogP contribution in [0.25, 0.3) is 22.0 Å². The molecule has 2 aromatic heterocycles. The fourth-order valence-electron chi connectivity index (χ4n) is 3.55. The zero-order chi connectivity index (χ0) is 21.3. The number of fused-ring (bicyclic) bond motifs is 1. The molecule has 0 amide bonds. The molecule has 1 fully saturated rings. The summed E-state index contributed by atoms with van der Waals surface area (Å²) in [4.78, 5) is 9.09. The van der Waals surface area contributed by atoms with Crippen molar-refractivity contribution < 1.29 is 14.2 Å². The first-order valence-electron chi connectivity index (χ1n) is 9.52. The zero-order valence-electron chi connectivity index (χ0n) is 16.7. The maximum absolute atomic E-state index is 6.62. The number of ether oxygens (including phenoxy) is 3. The molecule has 30 heavy (non-hydrogen) atoms. The van der Waals surface area contributed by atoms with Crippen LogP contribution in [-0.2, 0) is 4.74 Å². The Kier molecular flexibility index (Phi) is 6.04. The molecule has 4 rings (SSSR count). The predicted molar refractivity (Wildman–Crippen MR) is 120 cm³/mol. The van der Waals surface area contributed by atoms with E-state index in [1.807, 2.05) is 12.1 Å². The van der Waals surface area contributed by atoms with Crippen LogP contribution in [0.5, 0.6) is 11.5 Å². The topological polar surface area (TPSA) is 91.5 Å². The molecule has 3 aromatic rings. The Balaban J connectivity index is 1.91. The summed E-state index contributed by atoms with van der Waals surface area (Å²) in [7, 11) is 3.08. The minimum Gasteiger partial charge on any atom is -0.495 e. The Hall–Kier alpha value is -2.48. The Morgan fingerprint density at radius 2 is 1.73 bits per heavy atom. The van der Waals surface area contributed by atoms with Crippen molar-refractivity contribution in [2.24, 2.45) is 0 Å². The highest BCUT2D eigenvalue weighted by atomic mass is 35.5. The molecule has 1 aliphatic rings. The Morgan fingerprint density at radius 3 is 2.37 bits per heavy atom. The number of halogens is 2. The van der Waals surface area contributed by atoms with Gasteiger partial charge in [-0.05, 0) is 25.0 Å². The van der Waals surface area contributed by atoms with E-state index in [9.17, 15) is 0 Å². The van der Waals surface area contributed by atoms with Crippen molar-refractivity contribution in [3.63, 3.8) is 0 Å². The summed E-state index contributed by atoms with van der Waals surface area (Å²) < 4.78 is 16.3. The second-order valence-electron chi connectivity index (χ2n) is 7.00. The van der Waals surface area contributed by atoms with E-state index in [1.165, 1.54) is 14.2 Å². The first-order chi connectivity index (χ1) is 14.5. The number of nitrogens with two attached hydrogens (primary N) is 1. The summed E-state index contributed by atoms with van der Waals surface area (Å²) in [5.41, 5.74) is 7.05. The standard InChI is InChI=1S/C21H22Cl2N4O3/c1-28-15-9-16(29-2)20(23)18(19(15)22)14-7-11-10-25-17(24)8-13(11)21(27-14)26-12-3-5-30-6-4-12/h7-10,12H,3-6H2,1-2H3,(H2,24,25)(H,26,27). The average molecular weight is 449 g/mol. The second kappa shape index (κ2) is 8.71. The summed E-state index contributed by atoms with van der Waals surface area (Å²) >= 11 is 13.2. The van der Waals surface area contributed by atoms with E-state index < -0.39 is 0 Å². The summed E-state index contributed by atoms with van der Waals surface area (Å²) in [6, 6.07) is 5.58. The summed E-state index contributed by atoms with van der Waals surface area (Å²) in [6.45, 7) is 1.42. The molecule has 0 radical (unpaired) electrons. The van der Waals surface area contributed by atoms with Crippen molar-refractivity contribution in [2.45, 2.75) is 18.9 Å². The minimum atomic E-state index is 0.241. The second-order valence-corrected chi connectivity index (χ2v) is 7.76. The highest BCUT2D eigenvalue weighted by Gasteiger charge is 2.22. The third kappa shape index (κ3) is 3.93. The minimum absolute atomic E-state index is 0.241. The number of nitrogen functional groups attached to an aromatic ring is 1. The van der Waals surface area contributed by atoms with Crippen LogP contribution >= 0.6 is 23.2 Å². The van der Waals surface area contributed by atoms with Crippen molar-refractivity contribution in [3.8, 4) is 22.8 Å². The van der Waals surface area contributed by atoms with Crippen LogP contribution in [0, 0.1) is 0 Å².